The summed E-state index contributed by atoms with van der Waals surface area (Å²) >= 11 is 1.57. The van der Waals surface area contributed by atoms with E-state index in [1.807, 2.05) is 76.4 Å². The van der Waals surface area contributed by atoms with Crippen molar-refractivity contribution in [2.75, 3.05) is 12.8 Å². The van der Waals surface area contributed by atoms with Gasteiger partial charge in [-0.2, -0.15) is 4.31 Å². The minimum Gasteiger partial charge on any atom is -0.317 e. The molecule has 0 aliphatic carbocycles. The Morgan fingerprint density at radius 3 is 2.47 bits per heavy atom. The van der Waals surface area contributed by atoms with E-state index in [0.717, 1.165) is 27.3 Å². The summed E-state index contributed by atoms with van der Waals surface area (Å²) in [6.07, 6.45) is 3.95. The van der Waals surface area contributed by atoms with Crippen molar-refractivity contribution in [3.8, 4) is 0 Å². The first-order valence-corrected chi connectivity index (χ1v) is 12.6. The molecule has 0 radical (unpaired) electrons. The van der Waals surface area contributed by atoms with E-state index < -0.39 is 10.0 Å². The highest BCUT2D eigenvalue weighted by atomic mass is 32.2. The molecular weight excluding hydrogens is 414 g/mol. The largest absolute Gasteiger partial charge is 0.317 e. The van der Waals surface area contributed by atoms with Crippen molar-refractivity contribution < 1.29 is 8.42 Å². The number of aryl methyl sites for hydroxylation is 1. The molecule has 0 bridgehead atoms. The fourth-order valence-corrected chi connectivity index (χ4v) is 5.52. The standard InChI is InChI=1S/C23H29N3O2S2/c1-17(2)14-15-26(30(27,28)20-12-10-18(3)11-13-20)19(4)16-25-22-9-7-6-8-21(22)24-23(25)29-5/h6-14,19H,15-16H2,1-5H3. The summed E-state index contributed by atoms with van der Waals surface area (Å²) in [4.78, 5) is 5.02. The molecule has 3 aromatic rings. The van der Waals surface area contributed by atoms with Gasteiger partial charge in [-0.05, 0) is 58.2 Å². The number of benzene rings is 2. The van der Waals surface area contributed by atoms with Crippen LogP contribution in [0.15, 0.2) is 70.2 Å². The van der Waals surface area contributed by atoms with Crippen molar-refractivity contribution in [3.05, 3.63) is 65.7 Å². The van der Waals surface area contributed by atoms with Gasteiger partial charge in [0.05, 0.1) is 15.9 Å². The van der Waals surface area contributed by atoms with Gasteiger partial charge in [0.15, 0.2) is 5.16 Å². The third-order valence-electron chi connectivity index (χ3n) is 5.05. The molecule has 160 valence electrons. The molecule has 0 saturated carbocycles. The van der Waals surface area contributed by atoms with Crippen molar-refractivity contribution in [2.45, 2.75) is 50.3 Å². The first-order chi connectivity index (χ1) is 14.2. The van der Waals surface area contributed by atoms with Gasteiger partial charge in [-0.25, -0.2) is 13.4 Å². The van der Waals surface area contributed by atoms with Gasteiger partial charge in [0.1, 0.15) is 0 Å². The highest BCUT2D eigenvalue weighted by Gasteiger charge is 2.29. The van der Waals surface area contributed by atoms with Crippen LogP contribution < -0.4 is 0 Å². The molecule has 1 atom stereocenters. The van der Waals surface area contributed by atoms with Crippen LogP contribution in [0.25, 0.3) is 11.0 Å². The van der Waals surface area contributed by atoms with Crippen LogP contribution in [0.4, 0.5) is 0 Å². The van der Waals surface area contributed by atoms with Gasteiger partial charge >= 0.3 is 0 Å². The number of aromatic nitrogens is 2. The second kappa shape index (κ2) is 9.37. The fourth-order valence-electron chi connectivity index (χ4n) is 3.37. The predicted molar refractivity (Wildman–Crippen MR) is 125 cm³/mol. The van der Waals surface area contributed by atoms with Gasteiger partial charge in [0, 0.05) is 19.1 Å². The molecule has 30 heavy (non-hydrogen) atoms. The van der Waals surface area contributed by atoms with Crippen LogP contribution in [-0.2, 0) is 16.6 Å². The van der Waals surface area contributed by atoms with Crippen LogP contribution in [0.2, 0.25) is 0 Å². The molecule has 1 unspecified atom stereocenters. The van der Waals surface area contributed by atoms with Crippen LogP contribution in [-0.4, -0.2) is 41.1 Å². The lowest BCUT2D eigenvalue weighted by atomic mass is 10.2. The fraction of sp³-hybridized carbons (Fsp3) is 0.348. The molecule has 5 nitrogen and oxygen atoms in total. The Labute approximate surface area is 183 Å². The molecule has 0 saturated heterocycles. The summed E-state index contributed by atoms with van der Waals surface area (Å²) in [5.74, 6) is 0. The maximum absolute atomic E-state index is 13.5. The van der Waals surface area contributed by atoms with Crippen LogP contribution in [0.5, 0.6) is 0 Å². The molecule has 0 spiro atoms. The van der Waals surface area contributed by atoms with Gasteiger partial charge in [-0.3, -0.25) is 0 Å². The van der Waals surface area contributed by atoms with Crippen LogP contribution in [0.3, 0.4) is 0 Å². The van der Waals surface area contributed by atoms with Gasteiger partial charge < -0.3 is 4.57 Å². The zero-order valence-corrected chi connectivity index (χ0v) is 19.8. The van der Waals surface area contributed by atoms with Crippen molar-refractivity contribution in [2.24, 2.45) is 0 Å². The maximum atomic E-state index is 13.5. The molecule has 0 aliphatic heterocycles. The van der Waals surface area contributed by atoms with Crippen LogP contribution in [0, 0.1) is 6.92 Å². The summed E-state index contributed by atoms with van der Waals surface area (Å²) in [7, 11) is -3.64. The third kappa shape index (κ3) is 4.79. The molecule has 0 aliphatic rings. The van der Waals surface area contributed by atoms with E-state index in [2.05, 4.69) is 4.57 Å². The van der Waals surface area contributed by atoms with Gasteiger partial charge in [0.25, 0.3) is 0 Å². The summed E-state index contributed by atoms with van der Waals surface area (Å²) in [5.41, 5.74) is 4.06. The molecule has 0 N–H and O–H groups in total. The Hall–Kier alpha value is -2.09. The number of thioether (sulfide) groups is 1. The number of imidazole rings is 1. The molecule has 1 aromatic heterocycles. The first-order valence-electron chi connectivity index (χ1n) is 9.95. The van der Waals surface area contributed by atoms with Crippen LogP contribution >= 0.6 is 11.8 Å². The number of fused-ring (bicyclic) bond motifs is 1. The van der Waals surface area contributed by atoms with E-state index in [1.54, 1.807) is 28.2 Å². The predicted octanol–water partition coefficient (Wildman–Crippen LogP) is 5.11. The highest BCUT2D eigenvalue weighted by molar-refractivity contribution is 7.98. The Morgan fingerprint density at radius 2 is 1.83 bits per heavy atom. The second-order valence-electron chi connectivity index (χ2n) is 7.72. The lowest BCUT2D eigenvalue weighted by Gasteiger charge is -2.28. The molecule has 0 fully saturated rings. The summed E-state index contributed by atoms with van der Waals surface area (Å²) < 4.78 is 30.7. The second-order valence-corrected chi connectivity index (χ2v) is 10.4. The average Bonchev–Trinajstić information content (AvgIpc) is 3.05. The Morgan fingerprint density at radius 1 is 1.17 bits per heavy atom. The minimum absolute atomic E-state index is 0.254. The van der Waals surface area contributed by atoms with Crippen molar-refractivity contribution in [1.29, 1.82) is 0 Å². The first kappa shape index (κ1) is 22.6. The van der Waals surface area contributed by atoms with Gasteiger partial charge in [-0.1, -0.05) is 53.2 Å². The smallest absolute Gasteiger partial charge is 0.243 e. The van der Waals surface area contributed by atoms with Crippen molar-refractivity contribution in [1.82, 2.24) is 13.9 Å². The van der Waals surface area contributed by atoms with Crippen LogP contribution in [0.1, 0.15) is 26.3 Å². The van der Waals surface area contributed by atoms with Gasteiger partial charge in [0.2, 0.25) is 10.0 Å². The SMILES string of the molecule is CSc1nc2ccccc2n1CC(C)N(CC=C(C)C)S(=O)(=O)c1ccc(C)cc1. The molecule has 7 heteroatoms. The van der Waals surface area contributed by atoms with E-state index in [4.69, 9.17) is 4.98 Å². The molecule has 0 amide bonds. The molecular formula is C23H29N3O2S2. The highest BCUT2D eigenvalue weighted by Crippen LogP contribution is 2.25. The lowest BCUT2D eigenvalue weighted by Crippen LogP contribution is -2.41. The number of hydrogen-bond acceptors (Lipinski definition) is 4. The Kier molecular flexibility index (Phi) is 7.06. The maximum Gasteiger partial charge on any atom is 0.243 e. The average molecular weight is 444 g/mol. The number of rotatable bonds is 8. The normalized spacial score (nSPS) is 13.0. The zero-order chi connectivity index (χ0) is 21.9. The van der Waals surface area contributed by atoms with E-state index in [1.165, 1.54) is 0 Å². The van der Waals surface area contributed by atoms with Crippen molar-refractivity contribution in [3.63, 3.8) is 0 Å². The molecule has 1 heterocycles. The zero-order valence-electron chi connectivity index (χ0n) is 18.2. The number of nitrogens with zero attached hydrogens (tertiary/aromatic N) is 3. The van der Waals surface area contributed by atoms with E-state index in [9.17, 15) is 8.42 Å². The summed E-state index contributed by atoms with van der Waals surface area (Å²) in [6.45, 7) is 8.74. The quantitative estimate of drug-likeness (QED) is 0.358. The van der Waals surface area contributed by atoms with Gasteiger partial charge in [-0.15, -0.1) is 0 Å². The number of sulfonamides is 1. The number of allylic oxidation sites excluding steroid dienone is 1. The summed E-state index contributed by atoms with van der Waals surface area (Å²) in [5, 5.41) is 0.887. The number of para-hydroxylation sites is 2. The monoisotopic (exact) mass is 443 g/mol. The van der Waals surface area contributed by atoms with E-state index >= 15 is 0 Å². The lowest BCUT2D eigenvalue weighted by molar-refractivity contribution is 0.325. The number of hydrogen-bond donors (Lipinski definition) is 0. The Balaban J connectivity index is 2.00. The molecule has 2 aromatic carbocycles. The molecule has 3 rings (SSSR count). The summed E-state index contributed by atoms with van der Waals surface area (Å²) in [6, 6.07) is 14.8. The van der Waals surface area contributed by atoms with E-state index in [0.29, 0.717) is 18.0 Å². The van der Waals surface area contributed by atoms with Crippen molar-refractivity contribution >= 4 is 32.8 Å². The Bertz CT molecular complexity index is 1140. The third-order valence-corrected chi connectivity index (χ3v) is 7.72. The minimum atomic E-state index is -3.64. The topological polar surface area (TPSA) is 55.2 Å². The van der Waals surface area contributed by atoms with E-state index in [-0.39, 0.29) is 6.04 Å².